The first-order valence-electron chi connectivity index (χ1n) is 9.63. The minimum absolute atomic E-state index is 0.105. The van der Waals surface area contributed by atoms with E-state index in [4.69, 9.17) is 4.74 Å². The summed E-state index contributed by atoms with van der Waals surface area (Å²) in [6.45, 7) is 6.83. The third-order valence-electron chi connectivity index (χ3n) is 5.13. The van der Waals surface area contributed by atoms with Crippen LogP contribution in [0.3, 0.4) is 0 Å². The molecule has 154 valence electrons. The average Bonchev–Trinajstić information content (AvgIpc) is 3.27. The number of thiophene rings is 1. The lowest BCUT2D eigenvalue weighted by Gasteiger charge is -2.28. The molecule has 0 fully saturated rings. The molecule has 7 heteroatoms. The number of aromatic nitrogens is 1. The van der Waals surface area contributed by atoms with Crippen molar-refractivity contribution in [1.82, 2.24) is 10.3 Å². The van der Waals surface area contributed by atoms with Crippen molar-refractivity contribution < 1.29 is 14.3 Å². The van der Waals surface area contributed by atoms with Gasteiger partial charge in [0.05, 0.1) is 27.7 Å². The van der Waals surface area contributed by atoms with Crippen LogP contribution in [0.25, 0.3) is 21.5 Å². The van der Waals surface area contributed by atoms with E-state index < -0.39 is 23.5 Å². The van der Waals surface area contributed by atoms with Gasteiger partial charge in [-0.25, -0.2) is 9.78 Å². The Balaban J connectivity index is 1.88. The van der Waals surface area contributed by atoms with Gasteiger partial charge in [0.15, 0.2) is 6.10 Å². The van der Waals surface area contributed by atoms with E-state index in [1.165, 1.54) is 18.3 Å². The van der Waals surface area contributed by atoms with Gasteiger partial charge in [0.2, 0.25) is 0 Å². The van der Waals surface area contributed by atoms with Gasteiger partial charge in [0.1, 0.15) is 5.54 Å². The second kappa shape index (κ2) is 8.64. The van der Waals surface area contributed by atoms with Gasteiger partial charge in [-0.3, -0.25) is 4.79 Å². The van der Waals surface area contributed by atoms with Gasteiger partial charge in [-0.2, -0.15) is 5.26 Å². The Morgan fingerprint density at radius 1 is 1.20 bits per heavy atom. The number of nitrogens with one attached hydrogen (secondary N) is 1. The Labute approximate surface area is 179 Å². The molecule has 1 amide bonds. The normalized spacial score (nSPS) is 14.0. The van der Waals surface area contributed by atoms with Crippen molar-refractivity contribution in [2.45, 2.75) is 39.3 Å². The Kier molecular flexibility index (Phi) is 6.18. The summed E-state index contributed by atoms with van der Waals surface area (Å²) in [6, 6.07) is 15.0. The monoisotopic (exact) mass is 421 g/mol. The lowest BCUT2D eigenvalue weighted by atomic mass is 9.90. The molecule has 2 atom stereocenters. The van der Waals surface area contributed by atoms with Gasteiger partial charge in [-0.1, -0.05) is 38.1 Å². The average molecular weight is 422 g/mol. The molecule has 1 aromatic carbocycles. The maximum absolute atomic E-state index is 13.0. The molecule has 30 heavy (non-hydrogen) atoms. The maximum atomic E-state index is 13.0. The summed E-state index contributed by atoms with van der Waals surface area (Å²) < 4.78 is 5.46. The molecule has 0 aliphatic heterocycles. The maximum Gasteiger partial charge on any atom is 0.339 e. The topological polar surface area (TPSA) is 92.1 Å². The Morgan fingerprint density at radius 2 is 1.93 bits per heavy atom. The number of ether oxygens (including phenoxy) is 1. The number of esters is 1. The van der Waals surface area contributed by atoms with Crippen LogP contribution in [0.1, 0.15) is 38.1 Å². The molecule has 3 rings (SSSR count). The summed E-state index contributed by atoms with van der Waals surface area (Å²) in [4.78, 5) is 31.1. The standard InChI is InChI=1S/C23H23N3O3S/c1-14(2)23(4,13-24)26-21(27)15(3)29-22(28)17-12-19(20-10-7-11-30-20)25-18-9-6-5-8-16(17)18/h5-12,14-15H,1-4H3,(H,26,27)/t15-,23+/m1/s1. The van der Waals surface area contributed by atoms with Crippen molar-refractivity contribution in [1.29, 1.82) is 5.26 Å². The molecule has 0 bridgehead atoms. The molecule has 6 nitrogen and oxygen atoms in total. The van der Waals surface area contributed by atoms with Crippen molar-refractivity contribution >= 4 is 34.1 Å². The summed E-state index contributed by atoms with van der Waals surface area (Å²) in [6.07, 6.45) is -1.05. The molecular formula is C23H23N3O3S. The number of nitriles is 1. The SMILES string of the molecule is CC(C)[C@](C)(C#N)NC(=O)[C@@H](C)OC(=O)c1cc(-c2cccs2)nc2ccccc12. The second-order valence-electron chi connectivity index (χ2n) is 7.56. The summed E-state index contributed by atoms with van der Waals surface area (Å²) in [7, 11) is 0. The van der Waals surface area contributed by atoms with Gasteiger partial charge < -0.3 is 10.1 Å². The minimum Gasteiger partial charge on any atom is -0.449 e. The summed E-state index contributed by atoms with van der Waals surface area (Å²) >= 11 is 1.53. The molecule has 3 aromatic rings. The van der Waals surface area contributed by atoms with E-state index in [9.17, 15) is 14.9 Å². The first-order chi connectivity index (χ1) is 14.2. The number of amides is 1. The fourth-order valence-electron chi connectivity index (χ4n) is 2.83. The lowest BCUT2D eigenvalue weighted by Crippen LogP contribution is -2.52. The van der Waals surface area contributed by atoms with Gasteiger partial charge >= 0.3 is 5.97 Å². The number of carbonyl (C=O) groups is 2. The molecule has 0 unspecified atom stereocenters. The number of benzene rings is 1. The quantitative estimate of drug-likeness (QED) is 0.589. The van der Waals surface area contributed by atoms with E-state index in [1.54, 1.807) is 19.1 Å². The van der Waals surface area contributed by atoms with Crippen molar-refractivity contribution in [3.8, 4) is 16.6 Å². The predicted molar refractivity (Wildman–Crippen MR) is 117 cm³/mol. The van der Waals surface area contributed by atoms with Crippen LogP contribution < -0.4 is 5.32 Å². The van der Waals surface area contributed by atoms with Crippen molar-refractivity contribution in [3.63, 3.8) is 0 Å². The molecule has 0 saturated carbocycles. The molecule has 0 spiro atoms. The second-order valence-corrected chi connectivity index (χ2v) is 8.50. The lowest BCUT2D eigenvalue weighted by molar-refractivity contribution is -0.130. The first kappa shape index (κ1) is 21.5. The molecule has 2 heterocycles. The van der Waals surface area contributed by atoms with E-state index in [2.05, 4.69) is 16.4 Å². The number of hydrogen-bond donors (Lipinski definition) is 1. The zero-order chi connectivity index (χ0) is 21.9. The number of fused-ring (bicyclic) bond motifs is 1. The number of hydrogen-bond acceptors (Lipinski definition) is 6. The van der Waals surface area contributed by atoms with Crippen LogP contribution in [0, 0.1) is 17.2 Å². The largest absolute Gasteiger partial charge is 0.449 e. The molecule has 0 aliphatic rings. The molecule has 2 aromatic heterocycles. The van der Waals surface area contributed by atoms with Crippen LogP contribution in [0.4, 0.5) is 0 Å². The highest BCUT2D eigenvalue weighted by molar-refractivity contribution is 7.13. The minimum atomic E-state index is -1.05. The molecule has 0 saturated heterocycles. The smallest absolute Gasteiger partial charge is 0.339 e. The van der Waals surface area contributed by atoms with Crippen LogP contribution in [-0.2, 0) is 9.53 Å². The van der Waals surface area contributed by atoms with Crippen molar-refractivity contribution in [2.75, 3.05) is 0 Å². The molecule has 1 N–H and O–H groups in total. The molecular weight excluding hydrogens is 398 g/mol. The van der Waals surface area contributed by atoms with E-state index in [-0.39, 0.29) is 5.92 Å². The number of nitrogens with zero attached hydrogens (tertiary/aromatic N) is 2. The van der Waals surface area contributed by atoms with Crippen LogP contribution in [0.15, 0.2) is 47.8 Å². The summed E-state index contributed by atoms with van der Waals surface area (Å²) in [5, 5.41) is 14.7. The summed E-state index contributed by atoms with van der Waals surface area (Å²) in [5.41, 5.74) is 0.637. The predicted octanol–water partition coefficient (Wildman–Crippen LogP) is 4.56. The van der Waals surface area contributed by atoms with Gasteiger partial charge in [0.25, 0.3) is 5.91 Å². The van der Waals surface area contributed by atoms with Gasteiger partial charge in [-0.05, 0) is 43.3 Å². The Bertz CT molecular complexity index is 1120. The fourth-order valence-corrected chi connectivity index (χ4v) is 3.52. The van der Waals surface area contributed by atoms with Crippen molar-refractivity contribution in [2.24, 2.45) is 5.92 Å². The van der Waals surface area contributed by atoms with E-state index in [1.807, 2.05) is 49.6 Å². The molecule has 0 aliphatic carbocycles. The third kappa shape index (κ3) is 4.34. The third-order valence-corrected chi connectivity index (χ3v) is 6.02. The fraction of sp³-hybridized carbons (Fsp3) is 0.304. The Hall–Kier alpha value is -3.24. The highest BCUT2D eigenvalue weighted by Gasteiger charge is 2.33. The highest BCUT2D eigenvalue weighted by atomic mass is 32.1. The van der Waals surface area contributed by atoms with E-state index >= 15 is 0 Å². The number of para-hydroxylation sites is 1. The van der Waals surface area contributed by atoms with Gasteiger partial charge in [0, 0.05) is 5.39 Å². The zero-order valence-corrected chi connectivity index (χ0v) is 18.1. The number of carbonyl (C=O) groups excluding carboxylic acids is 2. The summed E-state index contributed by atoms with van der Waals surface area (Å²) in [5.74, 6) is -1.23. The highest BCUT2D eigenvalue weighted by Crippen LogP contribution is 2.28. The van der Waals surface area contributed by atoms with Crippen LogP contribution in [0.5, 0.6) is 0 Å². The first-order valence-corrected chi connectivity index (χ1v) is 10.5. The van der Waals surface area contributed by atoms with Crippen LogP contribution >= 0.6 is 11.3 Å². The zero-order valence-electron chi connectivity index (χ0n) is 17.3. The molecule has 0 radical (unpaired) electrons. The Morgan fingerprint density at radius 3 is 2.57 bits per heavy atom. The van der Waals surface area contributed by atoms with Crippen molar-refractivity contribution in [3.05, 3.63) is 53.4 Å². The number of rotatable bonds is 6. The number of pyridine rings is 1. The van der Waals surface area contributed by atoms with E-state index in [0.29, 0.717) is 22.2 Å². The van der Waals surface area contributed by atoms with E-state index in [0.717, 1.165) is 4.88 Å². The van der Waals surface area contributed by atoms with Crippen LogP contribution in [0.2, 0.25) is 0 Å². The van der Waals surface area contributed by atoms with Gasteiger partial charge in [-0.15, -0.1) is 11.3 Å². The van der Waals surface area contributed by atoms with Crippen LogP contribution in [-0.4, -0.2) is 28.5 Å².